The fraction of sp³-hybridized carbons (Fsp3) is 0.400. The van der Waals surface area contributed by atoms with Crippen LogP contribution in [0, 0.1) is 0 Å². The number of hydrogen-bond donors (Lipinski definition) is 0. The molecule has 0 bridgehead atoms. The fourth-order valence-corrected chi connectivity index (χ4v) is 3.49. The van der Waals surface area contributed by atoms with Crippen molar-refractivity contribution in [2.75, 3.05) is 13.6 Å². The number of nitrogens with zero attached hydrogens (tertiary/aromatic N) is 1. The highest BCUT2D eigenvalue weighted by molar-refractivity contribution is 9.10. The quantitative estimate of drug-likeness (QED) is 0.772. The van der Waals surface area contributed by atoms with Crippen molar-refractivity contribution >= 4 is 49.2 Å². The Hall–Kier alpha value is 0.190. The summed E-state index contributed by atoms with van der Waals surface area (Å²) in [6, 6.07) is 4.49. The van der Waals surface area contributed by atoms with E-state index < -0.39 is 10.0 Å². The first-order valence-electron chi connectivity index (χ1n) is 4.80. The summed E-state index contributed by atoms with van der Waals surface area (Å²) < 4.78 is 26.0. The Labute approximate surface area is 120 Å². The number of halogens is 3. The summed E-state index contributed by atoms with van der Waals surface area (Å²) in [5.41, 5.74) is 0. The minimum Gasteiger partial charge on any atom is -0.207 e. The highest BCUT2D eigenvalue weighted by Gasteiger charge is 2.22. The second-order valence-electron chi connectivity index (χ2n) is 3.64. The zero-order valence-corrected chi connectivity index (χ0v) is 13.2. The fourth-order valence-electron chi connectivity index (χ4n) is 1.27. The maximum Gasteiger partial charge on any atom is 0.242 e. The van der Waals surface area contributed by atoms with Gasteiger partial charge in [-0.25, -0.2) is 8.42 Å². The standard InChI is InChI=1S/C10H12BrCl2NO2S/c1-7(12)6-14(2)17(15,16)8-3-4-10(13)9(11)5-8/h3-5,7H,6H2,1-2H3. The van der Waals surface area contributed by atoms with Crippen LogP contribution in [-0.2, 0) is 10.0 Å². The molecule has 1 atom stereocenters. The van der Waals surface area contributed by atoms with Gasteiger partial charge in [-0.2, -0.15) is 4.31 Å². The molecule has 1 aromatic carbocycles. The number of benzene rings is 1. The lowest BCUT2D eigenvalue weighted by molar-refractivity contribution is 0.470. The first-order chi connectivity index (χ1) is 7.75. The van der Waals surface area contributed by atoms with Crippen molar-refractivity contribution in [2.24, 2.45) is 0 Å². The van der Waals surface area contributed by atoms with E-state index in [1.54, 1.807) is 6.92 Å². The zero-order chi connectivity index (χ0) is 13.2. The second kappa shape index (κ2) is 5.89. The van der Waals surface area contributed by atoms with Gasteiger partial charge in [-0.15, -0.1) is 11.6 Å². The molecule has 0 saturated carbocycles. The van der Waals surface area contributed by atoms with Crippen LogP contribution in [-0.4, -0.2) is 31.7 Å². The summed E-state index contributed by atoms with van der Waals surface area (Å²) in [5.74, 6) is 0. The van der Waals surface area contributed by atoms with Crippen LogP contribution in [0.15, 0.2) is 27.6 Å². The van der Waals surface area contributed by atoms with Gasteiger partial charge in [-0.05, 0) is 41.1 Å². The van der Waals surface area contributed by atoms with Crippen molar-refractivity contribution < 1.29 is 8.42 Å². The highest BCUT2D eigenvalue weighted by atomic mass is 79.9. The van der Waals surface area contributed by atoms with Crippen molar-refractivity contribution in [3.63, 3.8) is 0 Å². The molecule has 7 heteroatoms. The Morgan fingerprint density at radius 2 is 2.06 bits per heavy atom. The Balaban J connectivity index is 3.09. The molecule has 3 nitrogen and oxygen atoms in total. The van der Waals surface area contributed by atoms with E-state index in [-0.39, 0.29) is 16.8 Å². The van der Waals surface area contributed by atoms with Crippen LogP contribution in [0.1, 0.15) is 6.92 Å². The second-order valence-corrected chi connectivity index (χ2v) is 7.69. The normalized spacial score (nSPS) is 14.0. The van der Waals surface area contributed by atoms with Crippen LogP contribution < -0.4 is 0 Å². The van der Waals surface area contributed by atoms with Gasteiger partial charge in [-0.1, -0.05) is 11.6 Å². The third kappa shape index (κ3) is 3.83. The first-order valence-corrected chi connectivity index (χ1v) is 7.85. The van der Waals surface area contributed by atoms with Gasteiger partial charge in [-0.3, -0.25) is 0 Å². The smallest absolute Gasteiger partial charge is 0.207 e. The van der Waals surface area contributed by atoms with Gasteiger partial charge in [0.1, 0.15) is 0 Å². The summed E-state index contributed by atoms with van der Waals surface area (Å²) in [7, 11) is -2.02. The zero-order valence-electron chi connectivity index (χ0n) is 9.32. The maximum atomic E-state index is 12.1. The molecule has 0 fully saturated rings. The molecule has 0 aromatic heterocycles. The average molecular weight is 361 g/mol. The summed E-state index contributed by atoms with van der Waals surface area (Å²) >= 11 is 14.8. The number of sulfonamides is 1. The summed E-state index contributed by atoms with van der Waals surface area (Å²) in [4.78, 5) is 0.189. The van der Waals surface area contributed by atoms with Gasteiger partial charge in [0.25, 0.3) is 0 Å². The Morgan fingerprint density at radius 1 is 1.47 bits per heavy atom. The van der Waals surface area contributed by atoms with Crippen LogP contribution in [0.4, 0.5) is 0 Å². The van der Waals surface area contributed by atoms with E-state index in [2.05, 4.69) is 15.9 Å². The van der Waals surface area contributed by atoms with Gasteiger partial charge >= 0.3 is 0 Å². The van der Waals surface area contributed by atoms with Crippen molar-refractivity contribution in [3.8, 4) is 0 Å². The molecule has 17 heavy (non-hydrogen) atoms. The number of rotatable bonds is 4. The topological polar surface area (TPSA) is 37.4 Å². The lowest BCUT2D eigenvalue weighted by Crippen LogP contribution is -2.31. The molecule has 1 aromatic rings. The van der Waals surface area contributed by atoms with E-state index in [9.17, 15) is 8.42 Å². The predicted octanol–water partition coefficient (Wildman–Crippen LogP) is 3.35. The predicted molar refractivity (Wildman–Crippen MR) is 74.3 cm³/mol. The first kappa shape index (κ1) is 15.2. The van der Waals surface area contributed by atoms with Gasteiger partial charge in [0.15, 0.2) is 0 Å². The van der Waals surface area contributed by atoms with Gasteiger partial charge in [0.05, 0.1) is 9.92 Å². The molecule has 1 unspecified atom stereocenters. The molecule has 0 aliphatic carbocycles. The van der Waals surface area contributed by atoms with E-state index >= 15 is 0 Å². The summed E-state index contributed by atoms with van der Waals surface area (Å²) in [6.07, 6.45) is 0. The molecule has 0 spiro atoms. The average Bonchev–Trinajstić information content (AvgIpc) is 2.20. The van der Waals surface area contributed by atoms with E-state index in [1.165, 1.54) is 29.6 Å². The molecule has 0 amide bonds. The molecule has 0 heterocycles. The van der Waals surface area contributed by atoms with Gasteiger partial charge < -0.3 is 0 Å². The maximum absolute atomic E-state index is 12.1. The molecule has 0 saturated heterocycles. The molecule has 1 rings (SSSR count). The lowest BCUT2D eigenvalue weighted by atomic mass is 10.4. The Morgan fingerprint density at radius 3 is 2.53 bits per heavy atom. The monoisotopic (exact) mass is 359 g/mol. The van der Waals surface area contributed by atoms with E-state index in [1.807, 2.05) is 0 Å². The minimum absolute atomic E-state index is 0.189. The molecule has 0 radical (unpaired) electrons. The minimum atomic E-state index is -3.51. The van der Waals surface area contributed by atoms with Crippen LogP contribution in [0.25, 0.3) is 0 Å². The molecule has 0 N–H and O–H groups in total. The molecule has 96 valence electrons. The summed E-state index contributed by atoms with van der Waals surface area (Å²) in [5, 5.41) is 0.225. The van der Waals surface area contributed by atoms with Crippen molar-refractivity contribution in [1.29, 1.82) is 0 Å². The third-order valence-corrected chi connectivity index (χ3v) is 5.28. The summed E-state index contributed by atoms with van der Waals surface area (Å²) in [6.45, 7) is 2.00. The SMILES string of the molecule is CC(Cl)CN(C)S(=O)(=O)c1ccc(Cl)c(Br)c1. The number of hydrogen-bond acceptors (Lipinski definition) is 2. The molecular formula is C10H12BrCl2NO2S. The largest absolute Gasteiger partial charge is 0.242 e. The van der Waals surface area contributed by atoms with Crippen molar-refractivity contribution in [1.82, 2.24) is 4.31 Å². The molecular weight excluding hydrogens is 349 g/mol. The van der Waals surface area contributed by atoms with Gasteiger partial charge in [0.2, 0.25) is 10.0 Å². The highest BCUT2D eigenvalue weighted by Crippen LogP contribution is 2.26. The van der Waals surface area contributed by atoms with Crippen LogP contribution in [0.3, 0.4) is 0 Å². The number of alkyl halides is 1. The van der Waals surface area contributed by atoms with Gasteiger partial charge in [0, 0.05) is 23.4 Å². The van der Waals surface area contributed by atoms with Crippen LogP contribution in [0.5, 0.6) is 0 Å². The Kier molecular flexibility index (Phi) is 5.28. The van der Waals surface area contributed by atoms with Crippen LogP contribution in [0.2, 0.25) is 5.02 Å². The van der Waals surface area contributed by atoms with Crippen molar-refractivity contribution in [3.05, 3.63) is 27.7 Å². The van der Waals surface area contributed by atoms with E-state index in [0.717, 1.165) is 0 Å². The molecule has 0 aliphatic rings. The van der Waals surface area contributed by atoms with Crippen LogP contribution >= 0.6 is 39.1 Å². The van der Waals surface area contributed by atoms with Crippen molar-refractivity contribution in [2.45, 2.75) is 17.2 Å². The lowest BCUT2D eigenvalue weighted by Gasteiger charge is -2.18. The van der Waals surface area contributed by atoms with E-state index in [0.29, 0.717) is 9.50 Å². The third-order valence-electron chi connectivity index (χ3n) is 2.11. The molecule has 0 aliphatic heterocycles. The Bertz CT molecular complexity index is 505. The van der Waals surface area contributed by atoms with E-state index in [4.69, 9.17) is 23.2 Å².